The maximum atomic E-state index is 12.1. The Bertz CT molecular complexity index is 680. The first-order valence-electron chi connectivity index (χ1n) is 6.63. The predicted octanol–water partition coefficient (Wildman–Crippen LogP) is 1.84. The molecule has 7 heteroatoms. The Morgan fingerprint density at radius 1 is 1.24 bits per heavy atom. The van der Waals surface area contributed by atoms with Gasteiger partial charge in [-0.1, -0.05) is 49.3 Å². The normalized spacial score (nSPS) is 13.5. The van der Waals surface area contributed by atoms with Crippen molar-refractivity contribution in [2.24, 2.45) is 0 Å². The van der Waals surface area contributed by atoms with Gasteiger partial charge in [-0.25, -0.2) is 8.42 Å². The van der Waals surface area contributed by atoms with E-state index in [1.165, 1.54) is 0 Å². The van der Waals surface area contributed by atoms with E-state index in [0.717, 1.165) is 0 Å². The number of rotatable bonds is 6. The lowest BCUT2D eigenvalue weighted by molar-refractivity contribution is 0.201. The lowest BCUT2D eigenvalue weighted by Crippen LogP contribution is -2.16. The van der Waals surface area contributed by atoms with Gasteiger partial charge in [0.2, 0.25) is 5.89 Å². The van der Waals surface area contributed by atoms with Crippen LogP contribution in [-0.4, -0.2) is 29.4 Å². The average molecular weight is 310 g/mol. The molecule has 114 valence electrons. The minimum atomic E-state index is -3.54. The van der Waals surface area contributed by atoms with Gasteiger partial charge in [0, 0.05) is 5.92 Å². The van der Waals surface area contributed by atoms with Gasteiger partial charge in [0.25, 0.3) is 0 Å². The standard InChI is InChI=1S/C14H18N2O4S/c1-10(2)14-15-13(20-16-14)9-21(18,19)8-12(17)11-6-4-3-5-7-11/h3-7,10,12,17H,8-9H2,1-2H3/t12-/m0/s1. The van der Waals surface area contributed by atoms with Crippen molar-refractivity contribution in [2.45, 2.75) is 31.6 Å². The SMILES string of the molecule is CC(C)c1noc(CS(=O)(=O)C[C@H](O)c2ccccc2)n1. The second-order valence-electron chi connectivity index (χ2n) is 5.18. The summed E-state index contributed by atoms with van der Waals surface area (Å²) in [5.74, 6) is -0.143. The van der Waals surface area contributed by atoms with Crippen molar-refractivity contribution < 1.29 is 18.0 Å². The van der Waals surface area contributed by atoms with Crippen molar-refractivity contribution in [3.8, 4) is 0 Å². The third kappa shape index (κ3) is 4.37. The highest BCUT2D eigenvalue weighted by Crippen LogP contribution is 2.17. The van der Waals surface area contributed by atoms with E-state index in [2.05, 4.69) is 10.1 Å². The maximum Gasteiger partial charge on any atom is 0.241 e. The molecule has 0 amide bonds. The predicted molar refractivity (Wildman–Crippen MR) is 77.3 cm³/mol. The summed E-state index contributed by atoms with van der Waals surface area (Å²) in [6, 6.07) is 8.67. The molecule has 0 aliphatic rings. The smallest absolute Gasteiger partial charge is 0.241 e. The van der Waals surface area contributed by atoms with E-state index < -0.39 is 15.9 Å². The summed E-state index contributed by atoms with van der Waals surface area (Å²) in [6.45, 7) is 3.78. The van der Waals surface area contributed by atoms with E-state index >= 15 is 0 Å². The molecule has 0 fully saturated rings. The number of hydrogen-bond donors (Lipinski definition) is 1. The average Bonchev–Trinajstić information content (AvgIpc) is 2.87. The highest BCUT2D eigenvalue weighted by molar-refractivity contribution is 7.90. The number of sulfone groups is 1. The van der Waals surface area contributed by atoms with Crippen LogP contribution >= 0.6 is 0 Å². The summed E-state index contributed by atoms with van der Waals surface area (Å²) >= 11 is 0. The van der Waals surface area contributed by atoms with Crippen LogP contribution in [0.15, 0.2) is 34.9 Å². The molecule has 6 nitrogen and oxygen atoms in total. The molecule has 1 atom stereocenters. The molecule has 0 bridgehead atoms. The van der Waals surface area contributed by atoms with Crippen LogP contribution in [0.5, 0.6) is 0 Å². The third-order valence-electron chi connectivity index (χ3n) is 2.94. The fourth-order valence-corrected chi connectivity index (χ4v) is 3.11. The lowest BCUT2D eigenvalue weighted by atomic mass is 10.1. The first-order chi connectivity index (χ1) is 9.87. The van der Waals surface area contributed by atoms with Gasteiger partial charge in [0.1, 0.15) is 5.75 Å². The Morgan fingerprint density at radius 3 is 2.48 bits per heavy atom. The Hall–Kier alpha value is -1.73. The Labute approximate surface area is 123 Å². The number of aliphatic hydroxyl groups excluding tert-OH is 1. The topological polar surface area (TPSA) is 93.3 Å². The fourth-order valence-electron chi connectivity index (χ4n) is 1.82. The number of aliphatic hydroxyl groups is 1. The maximum absolute atomic E-state index is 12.1. The minimum absolute atomic E-state index is 0.0546. The Kier molecular flexibility index (Phi) is 4.74. The van der Waals surface area contributed by atoms with Gasteiger partial charge in [-0.2, -0.15) is 4.98 Å². The zero-order valence-electron chi connectivity index (χ0n) is 11.9. The second kappa shape index (κ2) is 6.36. The molecule has 21 heavy (non-hydrogen) atoms. The van der Waals surface area contributed by atoms with Crippen LogP contribution in [-0.2, 0) is 15.6 Å². The molecule has 0 radical (unpaired) electrons. The van der Waals surface area contributed by atoms with Gasteiger partial charge in [0.15, 0.2) is 15.7 Å². The molecule has 1 heterocycles. The first kappa shape index (κ1) is 15.7. The Balaban J connectivity index is 2.04. The number of hydrogen-bond acceptors (Lipinski definition) is 6. The molecule has 0 saturated heterocycles. The third-order valence-corrected chi connectivity index (χ3v) is 4.45. The number of benzene rings is 1. The summed E-state index contributed by atoms with van der Waals surface area (Å²) in [4.78, 5) is 4.04. The minimum Gasteiger partial charge on any atom is -0.387 e. The molecule has 0 unspecified atom stereocenters. The monoisotopic (exact) mass is 310 g/mol. The molecular weight excluding hydrogens is 292 g/mol. The van der Waals surface area contributed by atoms with E-state index in [9.17, 15) is 13.5 Å². The van der Waals surface area contributed by atoms with Gasteiger partial charge >= 0.3 is 0 Å². The Morgan fingerprint density at radius 2 is 1.90 bits per heavy atom. The molecular formula is C14H18N2O4S. The van der Waals surface area contributed by atoms with E-state index in [1.807, 2.05) is 13.8 Å². The van der Waals surface area contributed by atoms with Crippen molar-refractivity contribution in [3.05, 3.63) is 47.6 Å². The molecule has 1 aromatic heterocycles. The summed E-state index contributed by atoms with van der Waals surface area (Å²) in [5, 5.41) is 13.7. The van der Waals surface area contributed by atoms with Crippen molar-refractivity contribution in [2.75, 3.05) is 5.75 Å². The quantitative estimate of drug-likeness (QED) is 0.875. The summed E-state index contributed by atoms with van der Waals surface area (Å²) in [5.41, 5.74) is 0.564. The van der Waals surface area contributed by atoms with Gasteiger partial charge in [-0.15, -0.1) is 0 Å². The summed E-state index contributed by atoms with van der Waals surface area (Å²) in [6.07, 6.45) is -1.07. The first-order valence-corrected chi connectivity index (χ1v) is 8.45. The second-order valence-corrected chi connectivity index (χ2v) is 7.29. The summed E-state index contributed by atoms with van der Waals surface area (Å²) < 4.78 is 29.1. The van der Waals surface area contributed by atoms with Gasteiger partial charge < -0.3 is 9.63 Å². The van der Waals surface area contributed by atoms with Gasteiger partial charge in [0.05, 0.1) is 11.9 Å². The molecule has 2 aromatic rings. The van der Waals surface area contributed by atoms with Crippen LogP contribution in [0.25, 0.3) is 0 Å². The molecule has 1 aromatic carbocycles. The zero-order chi connectivity index (χ0) is 15.5. The van der Waals surface area contributed by atoms with Crippen molar-refractivity contribution >= 4 is 9.84 Å². The molecule has 0 aliphatic carbocycles. The van der Waals surface area contributed by atoms with Crippen LogP contribution in [0.1, 0.15) is 43.1 Å². The van der Waals surface area contributed by atoms with Crippen LogP contribution < -0.4 is 0 Å². The van der Waals surface area contributed by atoms with Gasteiger partial charge in [-0.05, 0) is 5.56 Å². The summed E-state index contributed by atoms with van der Waals surface area (Å²) in [7, 11) is -3.54. The van der Waals surface area contributed by atoms with E-state index in [-0.39, 0.29) is 23.3 Å². The van der Waals surface area contributed by atoms with Crippen LogP contribution in [0, 0.1) is 0 Å². The van der Waals surface area contributed by atoms with Crippen LogP contribution in [0.2, 0.25) is 0 Å². The van der Waals surface area contributed by atoms with E-state index in [0.29, 0.717) is 11.4 Å². The van der Waals surface area contributed by atoms with E-state index in [1.54, 1.807) is 30.3 Å². The molecule has 1 N–H and O–H groups in total. The van der Waals surface area contributed by atoms with E-state index in [4.69, 9.17) is 4.52 Å². The lowest BCUT2D eigenvalue weighted by Gasteiger charge is -2.10. The molecule has 0 aliphatic heterocycles. The highest BCUT2D eigenvalue weighted by atomic mass is 32.2. The molecule has 2 rings (SSSR count). The largest absolute Gasteiger partial charge is 0.387 e. The van der Waals surface area contributed by atoms with Crippen molar-refractivity contribution in [1.29, 1.82) is 0 Å². The highest BCUT2D eigenvalue weighted by Gasteiger charge is 2.22. The number of aromatic nitrogens is 2. The molecule has 0 spiro atoms. The molecule has 0 saturated carbocycles. The zero-order valence-corrected chi connectivity index (χ0v) is 12.7. The van der Waals surface area contributed by atoms with Crippen molar-refractivity contribution in [3.63, 3.8) is 0 Å². The van der Waals surface area contributed by atoms with Crippen molar-refractivity contribution in [1.82, 2.24) is 10.1 Å². The van der Waals surface area contributed by atoms with Crippen LogP contribution in [0.4, 0.5) is 0 Å². The number of nitrogens with zero attached hydrogens (tertiary/aromatic N) is 2. The fraction of sp³-hybridized carbons (Fsp3) is 0.429. The van der Waals surface area contributed by atoms with Crippen LogP contribution in [0.3, 0.4) is 0 Å². The van der Waals surface area contributed by atoms with Gasteiger partial charge in [-0.3, -0.25) is 0 Å².